The van der Waals surface area contributed by atoms with Crippen molar-refractivity contribution in [2.45, 2.75) is 11.3 Å². The van der Waals surface area contributed by atoms with Crippen molar-refractivity contribution >= 4 is 21.4 Å². The van der Waals surface area contributed by atoms with Crippen LogP contribution >= 0.6 is 11.3 Å². The number of thiophene rings is 1. The number of sulfonamides is 1. The summed E-state index contributed by atoms with van der Waals surface area (Å²) in [5.41, 5.74) is -0.0916. The second-order valence-electron chi connectivity index (χ2n) is 3.69. The Labute approximate surface area is 115 Å². The molecule has 0 bridgehead atoms. The molecule has 0 atom stereocenters. The van der Waals surface area contributed by atoms with Crippen molar-refractivity contribution in [3.8, 4) is 6.07 Å². The van der Waals surface area contributed by atoms with E-state index in [9.17, 15) is 8.42 Å². The van der Waals surface area contributed by atoms with Crippen LogP contribution in [0.15, 0.2) is 40.7 Å². The third-order valence-electron chi connectivity index (χ3n) is 2.41. The van der Waals surface area contributed by atoms with Crippen LogP contribution in [-0.2, 0) is 16.4 Å². The van der Waals surface area contributed by atoms with Gasteiger partial charge in [-0.2, -0.15) is 5.26 Å². The number of hydrogen-bond donors (Lipinski definition) is 1. The minimum absolute atomic E-state index is 0.0799. The Kier molecular flexibility index (Phi) is 4.27. The van der Waals surface area contributed by atoms with Gasteiger partial charge in [0, 0.05) is 17.6 Å². The smallest absolute Gasteiger partial charge is 0.243 e. The standard InChI is InChI=1S/C12H11N3O2S2/c13-9-11-12(4-1-6-14-11)19(16,17)15-7-5-10-3-2-8-18-10/h1-4,6,8,15H,5,7H2. The van der Waals surface area contributed by atoms with E-state index in [1.165, 1.54) is 18.3 Å². The van der Waals surface area contributed by atoms with Crippen molar-refractivity contribution in [1.29, 1.82) is 5.26 Å². The first kappa shape index (κ1) is 13.7. The summed E-state index contributed by atoms with van der Waals surface area (Å²) in [5.74, 6) is 0. The van der Waals surface area contributed by atoms with Crippen LogP contribution in [0.2, 0.25) is 0 Å². The molecule has 2 heterocycles. The van der Waals surface area contributed by atoms with Crippen molar-refractivity contribution in [3.05, 3.63) is 46.4 Å². The molecule has 0 saturated carbocycles. The number of hydrogen-bond acceptors (Lipinski definition) is 5. The Bertz CT molecular complexity index is 688. The molecule has 7 heteroatoms. The average molecular weight is 293 g/mol. The third-order valence-corrected chi connectivity index (χ3v) is 4.84. The molecule has 2 aromatic heterocycles. The summed E-state index contributed by atoms with van der Waals surface area (Å²) in [6.45, 7) is 0.294. The van der Waals surface area contributed by atoms with E-state index < -0.39 is 10.0 Å². The Morgan fingerprint density at radius 3 is 2.89 bits per heavy atom. The summed E-state index contributed by atoms with van der Waals surface area (Å²) in [5, 5.41) is 10.8. The van der Waals surface area contributed by atoms with Gasteiger partial charge in [-0.15, -0.1) is 11.3 Å². The third kappa shape index (κ3) is 3.38. The Balaban J connectivity index is 2.08. The number of rotatable bonds is 5. The van der Waals surface area contributed by atoms with Gasteiger partial charge in [-0.3, -0.25) is 0 Å². The first-order valence-corrected chi connectivity index (χ1v) is 7.87. The molecule has 98 valence electrons. The normalized spacial score (nSPS) is 11.1. The zero-order valence-corrected chi connectivity index (χ0v) is 11.5. The van der Waals surface area contributed by atoms with E-state index in [-0.39, 0.29) is 10.6 Å². The number of aromatic nitrogens is 1. The number of nitriles is 1. The quantitative estimate of drug-likeness (QED) is 0.906. The van der Waals surface area contributed by atoms with Crippen LogP contribution in [-0.4, -0.2) is 19.9 Å². The van der Waals surface area contributed by atoms with E-state index >= 15 is 0 Å². The number of pyridine rings is 1. The minimum Gasteiger partial charge on any atom is -0.244 e. The second-order valence-corrected chi connectivity index (χ2v) is 6.46. The molecule has 0 amide bonds. The van der Waals surface area contributed by atoms with Crippen LogP contribution < -0.4 is 4.72 Å². The summed E-state index contributed by atoms with van der Waals surface area (Å²) in [4.78, 5) is 4.77. The zero-order valence-electron chi connectivity index (χ0n) is 9.91. The van der Waals surface area contributed by atoms with Crippen LogP contribution in [0.5, 0.6) is 0 Å². The fraction of sp³-hybridized carbons (Fsp3) is 0.167. The SMILES string of the molecule is N#Cc1ncccc1S(=O)(=O)NCCc1cccs1. The maximum atomic E-state index is 12.0. The van der Waals surface area contributed by atoms with Crippen LogP contribution in [0.3, 0.4) is 0 Å². The van der Waals surface area contributed by atoms with Gasteiger partial charge in [0.15, 0.2) is 5.69 Å². The molecule has 2 aromatic rings. The monoisotopic (exact) mass is 293 g/mol. The van der Waals surface area contributed by atoms with Gasteiger partial charge in [0.05, 0.1) is 0 Å². The minimum atomic E-state index is -3.69. The second kappa shape index (κ2) is 5.93. The van der Waals surface area contributed by atoms with E-state index in [1.54, 1.807) is 17.4 Å². The highest BCUT2D eigenvalue weighted by atomic mass is 32.2. The first-order valence-electron chi connectivity index (χ1n) is 5.50. The molecule has 2 rings (SSSR count). The summed E-state index contributed by atoms with van der Waals surface area (Å²) < 4.78 is 26.6. The Hall–Kier alpha value is -1.75. The first-order chi connectivity index (χ1) is 9.13. The van der Waals surface area contributed by atoms with Gasteiger partial charge >= 0.3 is 0 Å². The predicted molar refractivity (Wildman–Crippen MR) is 72.2 cm³/mol. The molecule has 0 fully saturated rings. The highest BCUT2D eigenvalue weighted by Gasteiger charge is 2.18. The lowest BCUT2D eigenvalue weighted by atomic mass is 10.3. The van der Waals surface area contributed by atoms with Gasteiger partial charge in [-0.1, -0.05) is 6.07 Å². The summed E-state index contributed by atoms with van der Waals surface area (Å²) in [6, 6.07) is 8.51. The summed E-state index contributed by atoms with van der Waals surface area (Å²) in [6.07, 6.45) is 2.02. The molecule has 1 N–H and O–H groups in total. The van der Waals surface area contributed by atoms with E-state index in [4.69, 9.17) is 5.26 Å². The number of nitrogens with one attached hydrogen (secondary N) is 1. The van der Waals surface area contributed by atoms with Gasteiger partial charge < -0.3 is 0 Å². The Morgan fingerprint density at radius 2 is 2.21 bits per heavy atom. The van der Waals surface area contributed by atoms with Gasteiger partial charge in [0.2, 0.25) is 10.0 Å². The molecule has 5 nitrogen and oxygen atoms in total. The average Bonchev–Trinajstić information content (AvgIpc) is 2.91. The maximum absolute atomic E-state index is 12.0. The molecule has 0 radical (unpaired) electrons. The summed E-state index contributed by atoms with van der Waals surface area (Å²) in [7, 11) is -3.69. The largest absolute Gasteiger partial charge is 0.244 e. The lowest BCUT2D eigenvalue weighted by molar-refractivity contribution is 0.581. The molecule has 0 aliphatic rings. The van der Waals surface area contributed by atoms with Crippen LogP contribution in [0, 0.1) is 11.3 Å². The molecule has 0 saturated heterocycles. The zero-order chi connectivity index (χ0) is 13.7. The van der Waals surface area contributed by atoms with Gasteiger partial charge in [0.1, 0.15) is 11.0 Å². The van der Waals surface area contributed by atoms with E-state index in [1.807, 2.05) is 17.5 Å². The molecule has 0 aliphatic heterocycles. The molecule has 0 aromatic carbocycles. The van der Waals surface area contributed by atoms with E-state index in [0.29, 0.717) is 13.0 Å². The lowest BCUT2D eigenvalue weighted by Gasteiger charge is -2.06. The van der Waals surface area contributed by atoms with Crippen molar-refractivity contribution in [2.75, 3.05) is 6.54 Å². The van der Waals surface area contributed by atoms with Crippen molar-refractivity contribution < 1.29 is 8.42 Å². The fourth-order valence-corrected chi connectivity index (χ4v) is 3.38. The summed E-state index contributed by atoms with van der Waals surface area (Å²) >= 11 is 1.58. The highest BCUT2D eigenvalue weighted by Crippen LogP contribution is 2.12. The van der Waals surface area contributed by atoms with E-state index in [0.717, 1.165) is 4.88 Å². The Morgan fingerprint density at radius 1 is 1.37 bits per heavy atom. The maximum Gasteiger partial charge on any atom is 0.243 e. The van der Waals surface area contributed by atoms with Gasteiger partial charge in [0.25, 0.3) is 0 Å². The number of nitrogens with zero attached hydrogens (tertiary/aromatic N) is 2. The van der Waals surface area contributed by atoms with Crippen LogP contribution in [0.25, 0.3) is 0 Å². The topological polar surface area (TPSA) is 82.8 Å². The van der Waals surface area contributed by atoms with E-state index in [2.05, 4.69) is 9.71 Å². The molecule has 0 unspecified atom stereocenters. The molecule has 0 aliphatic carbocycles. The highest BCUT2D eigenvalue weighted by molar-refractivity contribution is 7.89. The molecular weight excluding hydrogens is 282 g/mol. The van der Waals surface area contributed by atoms with Crippen molar-refractivity contribution in [2.24, 2.45) is 0 Å². The van der Waals surface area contributed by atoms with Crippen LogP contribution in [0.4, 0.5) is 0 Å². The van der Waals surface area contributed by atoms with Gasteiger partial charge in [-0.05, 0) is 30.0 Å². The lowest BCUT2D eigenvalue weighted by Crippen LogP contribution is -2.26. The van der Waals surface area contributed by atoms with Crippen LogP contribution in [0.1, 0.15) is 10.6 Å². The molecular formula is C12H11N3O2S2. The van der Waals surface area contributed by atoms with Gasteiger partial charge in [-0.25, -0.2) is 18.1 Å². The van der Waals surface area contributed by atoms with Crippen molar-refractivity contribution in [1.82, 2.24) is 9.71 Å². The predicted octanol–water partition coefficient (Wildman–Crippen LogP) is 1.54. The van der Waals surface area contributed by atoms with Crippen molar-refractivity contribution in [3.63, 3.8) is 0 Å². The molecule has 19 heavy (non-hydrogen) atoms. The molecule has 0 spiro atoms. The fourth-order valence-electron chi connectivity index (χ4n) is 1.53.